The maximum atomic E-state index is 11.9. The Balaban J connectivity index is 1.71. The second-order valence-electron chi connectivity index (χ2n) is 5.79. The third kappa shape index (κ3) is 4.51. The Morgan fingerprint density at radius 3 is 1.62 bits per heavy atom. The van der Waals surface area contributed by atoms with Crippen LogP contribution >= 0.6 is 11.6 Å². The third-order valence-corrected chi connectivity index (χ3v) is 4.29. The van der Waals surface area contributed by atoms with Gasteiger partial charge in [0.25, 0.3) is 0 Å². The largest absolute Gasteiger partial charge is 0.460 e. The smallest absolute Gasteiger partial charge is 0.338 e. The first-order valence-corrected chi connectivity index (χ1v) is 8.67. The monoisotopic (exact) mass is 366 g/mol. The summed E-state index contributed by atoms with van der Waals surface area (Å²) in [6.45, 7) is 0.646. The molecule has 3 rings (SSSR count). The first kappa shape index (κ1) is 18.2. The molecule has 0 atom stereocenters. The predicted molar refractivity (Wildman–Crippen MR) is 104 cm³/mol. The van der Waals surface area contributed by atoms with Crippen molar-refractivity contribution in [1.82, 2.24) is 0 Å². The molecule has 0 aliphatic heterocycles. The molecule has 0 fully saturated rings. The van der Waals surface area contributed by atoms with Crippen molar-refractivity contribution in [3.05, 3.63) is 83.4 Å². The van der Waals surface area contributed by atoms with Crippen LogP contribution in [-0.4, -0.2) is 26.3 Å². The number of carbonyl (C=O) groups is 1. The molecule has 3 nitrogen and oxygen atoms in total. The van der Waals surface area contributed by atoms with E-state index in [0.29, 0.717) is 12.2 Å². The maximum Gasteiger partial charge on any atom is 0.338 e. The van der Waals surface area contributed by atoms with Crippen molar-refractivity contribution in [2.75, 3.05) is 20.3 Å². The van der Waals surface area contributed by atoms with E-state index in [4.69, 9.17) is 21.1 Å². The number of halogens is 1. The first-order valence-electron chi connectivity index (χ1n) is 8.30. The standard InChI is InChI=1S/C22H19ClO3/c1-25-14-15-26-22(24)20-8-6-18(7-9-20)16-2-4-17(5-3-16)19-10-12-21(23)13-11-19/h2-13H,14-15H2,1H3. The lowest BCUT2D eigenvalue weighted by Crippen LogP contribution is -2.09. The number of esters is 1. The van der Waals surface area contributed by atoms with E-state index in [9.17, 15) is 4.79 Å². The number of carbonyl (C=O) groups excluding carboxylic acids is 1. The lowest BCUT2D eigenvalue weighted by atomic mass is 10.00. The summed E-state index contributed by atoms with van der Waals surface area (Å²) >= 11 is 5.94. The fourth-order valence-corrected chi connectivity index (χ4v) is 2.72. The minimum absolute atomic E-state index is 0.253. The molecule has 3 aromatic carbocycles. The molecule has 0 spiro atoms. The maximum absolute atomic E-state index is 11.9. The Kier molecular flexibility index (Phi) is 6.05. The van der Waals surface area contributed by atoms with Crippen LogP contribution in [-0.2, 0) is 9.47 Å². The number of methoxy groups -OCH3 is 1. The number of hydrogen-bond acceptors (Lipinski definition) is 3. The average molecular weight is 367 g/mol. The summed E-state index contributed by atoms with van der Waals surface area (Å²) < 4.78 is 9.98. The van der Waals surface area contributed by atoms with E-state index in [1.807, 2.05) is 36.4 Å². The Morgan fingerprint density at radius 1 is 0.731 bits per heavy atom. The predicted octanol–water partition coefficient (Wildman–Crippen LogP) is 5.48. The molecule has 132 valence electrons. The fourth-order valence-electron chi connectivity index (χ4n) is 2.60. The van der Waals surface area contributed by atoms with Gasteiger partial charge in [0.2, 0.25) is 0 Å². The van der Waals surface area contributed by atoms with E-state index in [0.717, 1.165) is 27.3 Å². The van der Waals surface area contributed by atoms with Gasteiger partial charge in [-0.3, -0.25) is 0 Å². The molecular weight excluding hydrogens is 348 g/mol. The molecule has 4 heteroatoms. The Labute approximate surface area is 158 Å². The molecule has 0 aliphatic rings. The van der Waals surface area contributed by atoms with Crippen molar-refractivity contribution < 1.29 is 14.3 Å². The van der Waals surface area contributed by atoms with Gasteiger partial charge in [-0.1, -0.05) is 60.1 Å². The summed E-state index contributed by atoms with van der Waals surface area (Å²) in [5.41, 5.74) is 4.91. The van der Waals surface area contributed by atoms with Gasteiger partial charge >= 0.3 is 5.97 Å². The van der Waals surface area contributed by atoms with Gasteiger partial charge in [0.1, 0.15) is 6.61 Å². The highest BCUT2D eigenvalue weighted by molar-refractivity contribution is 6.30. The molecule has 26 heavy (non-hydrogen) atoms. The van der Waals surface area contributed by atoms with Crippen LogP contribution in [0.1, 0.15) is 10.4 Å². The van der Waals surface area contributed by atoms with Gasteiger partial charge in [-0.25, -0.2) is 4.79 Å². The van der Waals surface area contributed by atoms with Crippen LogP contribution in [0.3, 0.4) is 0 Å². The zero-order valence-electron chi connectivity index (χ0n) is 14.4. The van der Waals surface area contributed by atoms with Crippen LogP contribution < -0.4 is 0 Å². The highest BCUT2D eigenvalue weighted by atomic mass is 35.5. The van der Waals surface area contributed by atoms with Crippen molar-refractivity contribution in [1.29, 1.82) is 0 Å². The zero-order valence-corrected chi connectivity index (χ0v) is 15.2. The molecule has 0 heterocycles. The molecule has 0 saturated heterocycles. The third-order valence-electron chi connectivity index (χ3n) is 4.04. The summed E-state index contributed by atoms with van der Waals surface area (Å²) in [7, 11) is 1.57. The van der Waals surface area contributed by atoms with Gasteiger partial charge in [0, 0.05) is 12.1 Å². The van der Waals surface area contributed by atoms with Crippen molar-refractivity contribution in [3.8, 4) is 22.3 Å². The van der Waals surface area contributed by atoms with Crippen LogP contribution in [0, 0.1) is 0 Å². The van der Waals surface area contributed by atoms with E-state index < -0.39 is 0 Å². The van der Waals surface area contributed by atoms with Gasteiger partial charge in [-0.2, -0.15) is 0 Å². The first-order chi connectivity index (χ1) is 12.7. The van der Waals surface area contributed by atoms with E-state index in [1.165, 1.54) is 0 Å². The van der Waals surface area contributed by atoms with Crippen molar-refractivity contribution in [2.24, 2.45) is 0 Å². The zero-order chi connectivity index (χ0) is 18.4. The molecule has 0 saturated carbocycles. The molecule has 0 unspecified atom stereocenters. The second kappa shape index (κ2) is 8.65. The molecule has 0 aromatic heterocycles. The summed E-state index contributed by atoms with van der Waals surface area (Å²) in [4.78, 5) is 11.9. The summed E-state index contributed by atoms with van der Waals surface area (Å²) in [6.07, 6.45) is 0. The van der Waals surface area contributed by atoms with Gasteiger partial charge in [-0.15, -0.1) is 0 Å². The lowest BCUT2D eigenvalue weighted by molar-refractivity contribution is 0.0388. The van der Waals surface area contributed by atoms with Gasteiger partial charge in [-0.05, 0) is 46.5 Å². The summed E-state index contributed by atoms with van der Waals surface area (Å²) in [5.74, 6) is -0.341. The van der Waals surface area contributed by atoms with E-state index in [2.05, 4.69) is 24.3 Å². The molecule has 0 aliphatic carbocycles. The highest BCUT2D eigenvalue weighted by Crippen LogP contribution is 2.26. The second-order valence-corrected chi connectivity index (χ2v) is 6.23. The Bertz CT molecular complexity index is 853. The van der Waals surface area contributed by atoms with Crippen LogP contribution in [0.15, 0.2) is 72.8 Å². The molecule has 0 N–H and O–H groups in total. The van der Waals surface area contributed by atoms with Crippen LogP contribution in [0.5, 0.6) is 0 Å². The molecular formula is C22H19ClO3. The van der Waals surface area contributed by atoms with E-state index >= 15 is 0 Å². The Hall–Kier alpha value is -2.62. The number of rotatable bonds is 6. The van der Waals surface area contributed by atoms with Gasteiger partial charge in [0.15, 0.2) is 0 Å². The number of ether oxygens (including phenoxy) is 2. The number of benzene rings is 3. The van der Waals surface area contributed by atoms with E-state index in [-0.39, 0.29) is 12.6 Å². The SMILES string of the molecule is COCCOC(=O)c1ccc(-c2ccc(-c3ccc(Cl)cc3)cc2)cc1. The fraction of sp³-hybridized carbons (Fsp3) is 0.136. The molecule has 3 aromatic rings. The molecule has 0 bridgehead atoms. The normalized spacial score (nSPS) is 10.5. The van der Waals surface area contributed by atoms with Crippen molar-refractivity contribution in [3.63, 3.8) is 0 Å². The van der Waals surface area contributed by atoms with Gasteiger partial charge in [0.05, 0.1) is 12.2 Å². The van der Waals surface area contributed by atoms with Crippen LogP contribution in [0.4, 0.5) is 0 Å². The van der Waals surface area contributed by atoms with Crippen molar-refractivity contribution in [2.45, 2.75) is 0 Å². The Morgan fingerprint density at radius 2 is 1.15 bits per heavy atom. The molecule has 0 amide bonds. The quantitative estimate of drug-likeness (QED) is 0.428. The number of hydrogen-bond donors (Lipinski definition) is 0. The van der Waals surface area contributed by atoms with Crippen LogP contribution in [0.2, 0.25) is 5.02 Å². The topological polar surface area (TPSA) is 35.5 Å². The van der Waals surface area contributed by atoms with Crippen LogP contribution in [0.25, 0.3) is 22.3 Å². The average Bonchev–Trinajstić information content (AvgIpc) is 2.69. The van der Waals surface area contributed by atoms with Gasteiger partial charge < -0.3 is 9.47 Å². The minimum Gasteiger partial charge on any atom is -0.460 e. The van der Waals surface area contributed by atoms with E-state index in [1.54, 1.807) is 19.2 Å². The minimum atomic E-state index is -0.341. The summed E-state index contributed by atoms with van der Waals surface area (Å²) in [6, 6.07) is 23.4. The summed E-state index contributed by atoms with van der Waals surface area (Å²) in [5, 5.41) is 0.728. The lowest BCUT2D eigenvalue weighted by Gasteiger charge is -2.07. The molecule has 0 radical (unpaired) electrons. The highest BCUT2D eigenvalue weighted by Gasteiger charge is 2.07. The van der Waals surface area contributed by atoms with Crippen molar-refractivity contribution >= 4 is 17.6 Å².